The summed E-state index contributed by atoms with van der Waals surface area (Å²) in [7, 11) is 0. The van der Waals surface area contributed by atoms with E-state index in [0.29, 0.717) is 5.15 Å². The van der Waals surface area contributed by atoms with E-state index in [1.54, 1.807) is 6.20 Å². The van der Waals surface area contributed by atoms with Crippen molar-refractivity contribution in [3.63, 3.8) is 0 Å². The van der Waals surface area contributed by atoms with Crippen LogP contribution in [0, 0.1) is 5.92 Å². The fourth-order valence-electron chi connectivity index (χ4n) is 2.14. The number of piperidine rings is 1. The molecule has 0 N–H and O–H groups in total. The summed E-state index contributed by atoms with van der Waals surface area (Å²) in [5.41, 5.74) is 0.958. The maximum Gasteiger partial charge on any atom is 0.223 e. The first-order valence-corrected chi connectivity index (χ1v) is 6.30. The van der Waals surface area contributed by atoms with E-state index >= 15 is 0 Å². The summed E-state index contributed by atoms with van der Waals surface area (Å²) in [6, 6.07) is 0. The Morgan fingerprint density at radius 2 is 2.31 bits per heavy atom. The predicted molar refractivity (Wildman–Crippen MR) is 65.7 cm³/mol. The Kier molecular flexibility index (Phi) is 4.00. The summed E-state index contributed by atoms with van der Waals surface area (Å²) >= 11 is 11.7. The highest BCUT2D eigenvalue weighted by Crippen LogP contribution is 2.21. The highest BCUT2D eigenvalue weighted by molar-refractivity contribution is 6.32. The Balaban J connectivity index is 2.02. The van der Waals surface area contributed by atoms with Gasteiger partial charge in [0.15, 0.2) is 0 Å². The van der Waals surface area contributed by atoms with E-state index < -0.39 is 0 Å². The molecule has 1 atom stereocenters. The minimum atomic E-state index is 0.209. The zero-order chi connectivity index (χ0) is 11.5. The van der Waals surface area contributed by atoms with E-state index in [1.807, 2.05) is 0 Å². The van der Waals surface area contributed by atoms with E-state index in [-0.39, 0.29) is 5.28 Å². The van der Waals surface area contributed by atoms with Crippen LogP contribution in [0.1, 0.15) is 25.3 Å². The Hall–Kier alpha value is -0.380. The first kappa shape index (κ1) is 12.1. The lowest BCUT2D eigenvalue weighted by molar-refractivity contribution is 0.176. The van der Waals surface area contributed by atoms with Gasteiger partial charge in [0.25, 0.3) is 0 Å². The molecule has 1 aromatic rings. The normalized spacial score (nSPS) is 22.3. The average molecular weight is 260 g/mol. The fourth-order valence-corrected chi connectivity index (χ4v) is 2.51. The van der Waals surface area contributed by atoms with Crippen LogP contribution in [0.15, 0.2) is 6.20 Å². The fraction of sp³-hybridized carbons (Fsp3) is 0.636. The van der Waals surface area contributed by atoms with E-state index in [1.165, 1.54) is 12.8 Å². The maximum absolute atomic E-state index is 6.02. The van der Waals surface area contributed by atoms with Gasteiger partial charge in [0.1, 0.15) is 5.15 Å². The summed E-state index contributed by atoms with van der Waals surface area (Å²) in [5.74, 6) is 0.765. The van der Waals surface area contributed by atoms with Crippen molar-refractivity contribution in [1.29, 1.82) is 0 Å². The van der Waals surface area contributed by atoms with Crippen molar-refractivity contribution < 1.29 is 0 Å². The molecule has 1 aromatic heterocycles. The van der Waals surface area contributed by atoms with Crippen molar-refractivity contribution in [3.8, 4) is 0 Å². The van der Waals surface area contributed by atoms with Gasteiger partial charge in [-0.2, -0.15) is 0 Å². The molecule has 1 saturated heterocycles. The number of rotatable bonds is 2. The van der Waals surface area contributed by atoms with Gasteiger partial charge in [-0.05, 0) is 36.9 Å². The van der Waals surface area contributed by atoms with E-state index in [4.69, 9.17) is 23.2 Å². The molecule has 1 unspecified atom stereocenters. The second-order valence-electron chi connectivity index (χ2n) is 4.44. The Morgan fingerprint density at radius 3 is 3.00 bits per heavy atom. The molecule has 0 bridgehead atoms. The lowest BCUT2D eigenvalue weighted by Gasteiger charge is -2.30. The molecule has 3 nitrogen and oxygen atoms in total. The second kappa shape index (κ2) is 5.30. The SMILES string of the molecule is CC1CCCN(Cc2cnc(Cl)nc2Cl)C1. The Labute approximate surface area is 106 Å². The van der Waals surface area contributed by atoms with E-state index in [2.05, 4.69) is 21.8 Å². The Bertz CT molecular complexity index is 370. The van der Waals surface area contributed by atoms with Gasteiger partial charge in [0.05, 0.1) is 0 Å². The minimum absolute atomic E-state index is 0.209. The molecule has 0 amide bonds. The van der Waals surface area contributed by atoms with Gasteiger partial charge >= 0.3 is 0 Å². The lowest BCUT2D eigenvalue weighted by atomic mass is 10.00. The van der Waals surface area contributed by atoms with E-state index in [0.717, 1.165) is 31.1 Å². The highest BCUT2D eigenvalue weighted by atomic mass is 35.5. The van der Waals surface area contributed by atoms with Gasteiger partial charge in [-0.1, -0.05) is 18.5 Å². The topological polar surface area (TPSA) is 29.0 Å². The number of aromatic nitrogens is 2. The van der Waals surface area contributed by atoms with Crippen molar-refractivity contribution in [3.05, 3.63) is 22.2 Å². The van der Waals surface area contributed by atoms with E-state index in [9.17, 15) is 0 Å². The lowest BCUT2D eigenvalue weighted by Crippen LogP contribution is -2.33. The predicted octanol–water partition coefficient (Wildman–Crippen LogP) is 3.02. The van der Waals surface area contributed by atoms with Crippen molar-refractivity contribution in [2.45, 2.75) is 26.3 Å². The number of hydrogen-bond donors (Lipinski definition) is 0. The van der Waals surface area contributed by atoms with Crippen LogP contribution in [0.3, 0.4) is 0 Å². The number of hydrogen-bond acceptors (Lipinski definition) is 3. The number of likely N-dealkylation sites (tertiary alicyclic amines) is 1. The number of nitrogens with zero attached hydrogens (tertiary/aromatic N) is 3. The molecular weight excluding hydrogens is 245 g/mol. The molecular formula is C11H15Cl2N3. The quantitative estimate of drug-likeness (QED) is 0.604. The van der Waals surface area contributed by atoms with Crippen molar-refractivity contribution in [1.82, 2.24) is 14.9 Å². The summed E-state index contributed by atoms with van der Waals surface area (Å²) in [6.07, 6.45) is 4.30. The monoisotopic (exact) mass is 259 g/mol. The summed E-state index contributed by atoms with van der Waals surface area (Å²) in [6.45, 7) is 5.36. The smallest absolute Gasteiger partial charge is 0.223 e. The third kappa shape index (κ3) is 3.06. The molecule has 16 heavy (non-hydrogen) atoms. The molecule has 1 fully saturated rings. The third-order valence-electron chi connectivity index (χ3n) is 2.92. The van der Waals surface area contributed by atoms with Crippen LogP contribution >= 0.6 is 23.2 Å². The molecule has 0 spiro atoms. The van der Waals surface area contributed by atoms with Crippen LogP contribution < -0.4 is 0 Å². The zero-order valence-corrected chi connectivity index (χ0v) is 10.8. The Morgan fingerprint density at radius 1 is 1.50 bits per heavy atom. The van der Waals surface area contributed by atoms with Gasteiger partial charge in [0.2, 0.25) is 5.28 Å². The zero-order valence-electron chi connectivity index (χ0n) is 9.29. The molecule has 1 aliphatic rings. The van der Waals surface area contributed by atoms with Crippen LogP contribution in [-0.2, 0) is 6.54 Å². The average Bonchev–Trinajstić information content (AvgIpc) is 2.22. The molecule has 0 aliphatic carbocycles. The summed E-state index contributed by atoms with van der Waals surface area (Å²) in [5, 5.41) is 0.680. The molecule has 88 valence electrons. The van der Waals surface area contributed by atoms with Gasteiger partial charge in [0, 0.05) is 24.8 Å². The van der Waals surface area contributed by atoms with Crippen LogP contribution in [0.25, 0.3) is 0 Å². The van der Waals surface area contributed by atoms with Crippen molar-refractivity contribution in [2.24, 2.45) is 5.92 Å². The first-order valence-electron chi connectivity index (χ1n) is 5.54. The highest BCUT2D eigenvalue weighted by Gasteiger charge is 2.17. The minimum Gasteiger partial charge on any atom is -0.299 e. The molecule has 0 aromatic carbocycles. The van der Waals surface area contributed by atoms with Gasteiger partial charge in [-0.3, -0.25) is 4.90 Å². The molecule has 5 heteroatoms. The van der Waals surface area contributed by atoms with Gasteiger partial charge < -0.3 is 0 Å². The van der Waals surface area contributed by atoms with Crippen LogP contribution in [0.5, 0.6) is 0 Å². The number of halogens is 2. The van der Waals surface area contributed by atoms with Crippen LogP contribution in [0.4, 0.5) is 0 Å². The van der Waals surface area contributed by atoms with Crippen LogP contribution in [0.2, 0.25) is 10.4 Å². The molecule has 0 saturated carbocycles. The standard InChI is InChI=1S/C11H15Cl2N3/c1-8-3-2-4-16(6-8)7-9-5-14-11(13)15-10(9)12/h5,8H,2-4,6-7H2,1H3. The maximum atomic E-state index is 6.02. The van der Waals surface area contributed by atoms with Gasteiger partial charge in [-0.15, -0.1) is 0 Å². The first-order chi connectivity index (χ1) is 7.65. The molecule has 0 radical (unpaired) electrons. The molecule has 2 rings (SSSR count). The summed E-state index contributed by atoms with van der Waals surface area (Å²) in [4.78, 5) is 10.3. The molecule has 2 heterocycles. The third-order valence-corrected chi connectivity index (χ3v) is 3.43. The van der Waals surface area contributed by atoms with Gasteiger partial charge in [-0.25, -0.2) is 9.97 Å². The molecule has 1 aliphatic heterocycles. The largest absolute Gasteiger partial charge is 0.299 e. The summed E-state index contributed by atoms with van der Waals surface area (Å²) < 4.78 is 0. The second-order valence-corrected chi connectivity index (χ2v) is 5.13. The van der Waals surface area contributed by atoms with Crippen molar-refractivity contribution in [2.75, 3.05) is 13.1 Å². The van der Waals surface area contributed by atoms with Crippen LogP contribution in [-0.4, -0.2) is 28.0 Å². The van der Waals surface area contributed by atoms with Crippen molar-refractivity contribution >= 4 is 23.2 Å².